The third-order valence-corrected chi connectivity index (χ3v) is 5.27. The molecule has 0 saturated heterocycles. The fourth-order valence-electron chi connectivity index (χ4n) is 4.13. The molecule has 142 valence electrons. The Labute approximate surface area is 158 Å². The lowest BCUT2D eigenvalue weighted by Gasteiger charge is -2.22. The third kappa shape index (κ3) is 9.28. The minimum Gasteiger partial charge on any atom is -0.0838 e. The summed E-state index contributed by atoms with van der Waals surface area (Å²) in [4.78, 5) is 0. The monoisotopic (exact) mass is 342 g/mol. The maximum atomic E-state index is 2.43. The van der Waals surface area contributed by atoms with Crippen LogP contribution in [0.4, 0.5) is 0 Å². The fraction of sp³-hybridized carbons (Fsp3) is 0.680. The van der Waals surface area contributed by atoms with E-state index in [1.165, 1.54) is 55.2 Å². The van der Waals surface area contributed by atoms with Crippen molar-refractivity contribution in [3.63, 3.8) is 0 Å². The smallest absolute Gasteiger partial charge is 0.0228 e. The van der Waals surface area contributed by atoms with Crippen LogP contribution >= 0.6 is 0 Å². The lowest BCUT2D eigenvalue weighted by atomic mass is 9.83. The molecule has 0 N–H and O–H groups in total. The van der Waals surface area contributed by atoms with Crippen molar-refractivity contribution in [2.75, 3.05) is 0 Å². The highest BCUT2D eigenvalue weighted by Gasteiger charge is 2.15. The van der Waals surface area contributed by atoms with Crippen molar-refractivity contribution >= 4 is 5.57 Å². The zero-order valence-corrected chi connectivity index (χ0v) is 17.9. The van der Waals surface area contributed by atoms with Crippen molar-refractivity contribution < 1.29 is 0 Å². The predicted molar refractivity (Wildman–Crippen MR) is 115 cm³/mol. The maximum absolute atomic E-state index is 2.43. The van der Waals surface area contributed by atoms with E-state index in [-0.39, 0.29) is 0 Å². The summed E-state index contributed by atoms with van der Waals surface area (Å²) in [5.41, 5.74) is 4.29. The molecule has 0 radical (unpaired) electrons. The zero-order chi connectivity index (χ0) is 18.8. The van der Waals surface area contributed by atoms with Crippen LogP contribution in [0.2, 0.25) is 0 Å². The molecule has 2 atom stereocenters. The zero-order valence-electron chi connectivity index (χ0n) is 17.9. The topological polar surface area (TPSA) is 0 Å². The van der Waals surface area contributed by atoms with Gasteiger partial charge in [0.2, 0.25) is 0 Å². The van der Waals surface area contributed by atoms with E-state index >= 15 is 0 Å². The second-order valence-electron chi connectivity index (χ2n) is 9.05. The molecule has 0 heteroatoms. The molecule has 1 aromatic carbocycles. The van der Waals surface area contributed by atoms with Gasteiger partial charge in [-0.15, -0.1) is 0 Å². The highest BCUT2D eigenvalue weighted by molar-refractivity contribution is 5.65. The summed E-state index contributed by atoms with van der Waals surface area (Å²) in [5.74, 6) is 3.31. The molecule has 0 aliphatic rings. The molecule has 0 nitrogen and oxygen atoms in total. The number of allylic oxidation sites excluding steroid dienone is 2. The van der Waals surface area contributed by atoms with E-state index in [1.807, 2.05) is 0 Å². The van der Waals surface area contributed by atoms with E-state index in [2.05, 4.69) is 78.8 Å². The maximum Gasteiger partial charge on any atom is -0.0228 e. The number of hydrogen-bond donors (Lipinski definition) is 0. The van der Waals surface area contributed by atoms with Gasteiger partial charge in [0.15, 0.2) is 0 Å². The van der Waals surface area contributed by atoms with Crippen LogP contribution in [0.15, 0.2) is 30.3 Å². The van der Waals surface area contributed by atoms with Gasteiger partial charge in [0.05, 0.1) is 0 Å². The lowest BCUT2D eigenvalue weighted by molar-refractivity contribution is 0.347. The predicted octanol–water partition coefficient (Wildman–Crippen LogP) is 8.30. The lowest BCUT2D eigenvalue weighted by Crippen LogP contribution is -2.08. The molecule has 2 unspecified atom stereocenters. The van der Waals surface area contributed by atoms with Gasteiger partial charge in [0.1, 0.15) is 0 Å². The van der Waals surface area contributed by atoms with Gasteiger partial charge >= 0.3 is 0 Å². The number of benzene rings is 1. The first kappa shape index (κ1) is 22.0. The molecular weight excluding hydrogens is 300 g/mol. The Kier molecular flexibility index (Phi) is 10.2. The average Bonchev–Trinajstić information content (AvgIpc) is 2.52. The molecule has 0 aromatic heterocycles. The van der Waals surface area contributed by atoms with Crippen molar-refractivity contribution in [3.05, 3.63) is 41.5 Å². The fourth-order valence-corrected chi connectivity index (χ4v) is 4.13. The molecule has 1 rings (SSSR count). The first-order valence-corrected chi connectivity index (χ1v) is 10.5. The van der Waals surface area contributed by atoms with Gasteiger partial charge in [-0.2, -0.15) is 0 Å². The molecule has 0 aliphatic heterocycles. The molecule has 25 heavy (non-hydrogen) atoms. The Balaban J connectivity index is 2.63. The van der Waals surface area contributed by atoms with Gasteiger partial charge in [-0.3, -0.25) is 0 Å². The summed E-state index contributed by atoms with van der Waals surface area (Å²) >= 11 is 0. The van der Waals surface area contributed by atoms with Crippen molar-refractivity contribution in [2.24, 2.45) is 23.7 Å². The van der Waals surface area contributed by atoms with E-state index in [0.29, 0.717) is 0 Å². The summed E-state index contributed by atoms with van der Waals surface area (Å²) in [6, 6.07) is 9.07. The van der Waals surface area contributed by atoms with Gasteiger partial charge < -0.3 is 0 Å². The normalized spacial score (nSPS) is 15.0. The Morgan fingerprint density at radius 3 is 2.00 bits per heavy atom. The van der Waals surface area contributed by atoms with E-state index in [9.17, 15) is 0 Å². The Bertz CT molecular complexity index is 489. The number of rotatable bonds is 11. The summed E-state index contributed by atoms with van der Waals surface area (Å²) in [6.07, 6.45) is 10.4. The summed E-state index contributed by atoms with van der Waals surface area (Å²) in [5, 5.41) is 0. The van der Waals surface area contributed by atoms with Gasteiger partial charge in [-0.1, -0.05) is 89.8 Å². The Hall–Kier alpha value is -1.04. The van der Waals surface area contributed by atoms with Crippen molar-refractivity contribution in [3.8, 4) is 0 Å². The Morgan fingerprint density at radius 2 is 1.48 bits per heavy atom. The van der Waals surface area contributed by atoms with Gasteiger partial charge in [-0.25, -0.2) is 0 Å². The number of aryl methyl sites for hydroxylation is 1. The van der Waals surface area contributed by atoms with Crippen LogP contribution in [-0.4, -0.2) is 0 Å². The SMILES string of the molecule is CC=C(CC(CCCC(C)CC(C)C)CC(C)C)c1ccc(C)cc1. The second kappa shape index (κ2) is 11.6. The molecule has 0 bridgehead atoms. The minimum absolute atomic E-state index is 0.786. The minimum atomic E-state index is 0.786. The van der Waals surface area contributed by atoms with E-state index in [0.717, 1.165) is 23.7 Å². The van der Waals surface area contributed by atoms with Gasteiger partial charge in [-0.05, 0) is 67.9 Å². The third-order valence-electron chi connectivity index (χ3n) is 5.27. The van der Waals surface area contributed by atoms with Crippen LogP contribution in [0, 0.1) is 30.6 Å². The first-order valence-electron chi connectivity index (χ1n) is 10.5. The van der Waals surface area contributed by atoms with E-state index in [4.69, 9.17) is 0 Å². The van der Waals surface area contributed by atoms with Crippen LogP contribution < -0.4 is 0 Å². The van der Waals surface area contributed by atoms with Crippen LogP contribution in [-0.2, 0) is 0 Å². The molecule has 1 aromatic rings. The van der Waals surface area contributed by atoms with E-state index < -0.39 is 0 Å². The first-order chi connectivity index (χ1) is 11.8. The molecule has 0 fully saturated rings. The molecule has 0 aliphatic carbocycles. The van der Waals surface area contributed by atoms with Crippen LogP contribution in [0.5, 0.6) is 0 Å². The Morgan fingerprint density at radius 1 is 0.880 bits per heavy atom. The van der Waals surface area contributed by atoms with Crippen LogP contribution in [0.1, 0.15) is 91.2 Å². The van der Waals surface area contributed by atoms with Crippen LogP contribution in [0.3, 0.4) is 0 Å². The summed E-state index contributed by atoms with van der Waals surface area (Å²) < 4.78 is 0. The second-order valence-corrected chi connectivity index (χ2v) is 9.05. The summed E-state index contributed by atoms with van der Waals surface area (Å²) in [7, 11) is 0. The molecule has 0 spiro atoms. The van der Waals surface area contributed by atoms with Gasteiger partial charge in [0, 0.05) is 0 Å². The highest BCUT2D eigenvalue weighted by atomic mass is 14.2. The largest absolute Gasteiger partial charge is 0.0838 e. The molecular formula is C25H42. The van der Waals surface area contributed by atoms with Crippen molar-refractivity contribution in [1.82, 2.24) is 0 Å². The molecule has 0 saturated carbocycles. The summed E-state index contributed by atoms with van der Waals surface area (Å²) in [6.45, 7) is 16.2. The van der Waals surface area contributed by atoms with Gasteiger partial charge in [0.25, 0.3) is 0 Å². The van der Waals surface area contributed by atoms with Crippen LogP contribution in [0.25, 0.3) is 5.57 Å². The molecule has 0 amide bonds. The van der Waals surface area contributed by atoms with Crippen molar-refractivity contribution in [1.29, 1.82) is 0 Å². The van der Waals surface area contributed by atoms with E-state index in [1.54, 1.807) is 0 Å². The quantitative estimate of drug-likeness (QED) is 0.379. The standard InChI is InChI=1S/C25H42/c1-8-24(25-14-12-21(6)13-15-25)18-23(17-20(4)5)11-9-10-22(7)16-19(2)3/h8,12-15,19-20,22-23H,9-11,16-18H2,1-7H3. The average molecular weight is 343 g/mol. The molecule has 0 heterocycles. The highest BCUT2D eigenvalue weighted by Crippen LogP contribution is 2.31. The number of hydrogen-bond acceptors (Lipinski definition) is 0. The van der Waals surface area contributed by atoms with Crippen molar-refractivity contribution in [2.45, 2.75) is 87.0 Å².